The zero-order chi connectivity index (χ0) is 26.6. The Morgan fingerprint density at radius 1 is 1.33 bits per heavy atom. The zero-order valence-electron chi connectivity index (χ0n) is 19.6. The van der Waals surface area contributed by atoms with Crippen molar-refractivity contribution < 1.29 is 26.4 Å². The molecule has 2 aromatic heterocycles. The van der Waals surface area contributed by atoms with Crippen LogP contribution in [0.25, 0.3) is 11.0 Å². The Morgan fingerprint density at radius 3 is 2.69 bits per heavy atom. The quantitative estimate of drug-likeness (QED) is 0.423. The molecule has 192 valence electrons. The summed E-state index contributed by atoms with van der Waals surface area (Å²) in [4.78, 5) is 16.8. The summed E-state index contributed by atoms with van der Waals surface area (Å²) in [6, 6.07) is 3.85. The minimum atomic E-state index is -4.48. The molecule has 1 amide bonds. The van der Waals surface area contributed by atoms with E-state index in [0.717, 1.165) is 6.07 Å². The van der Waals surface area contributed by atoms with E-state index in [0.29, 0.717) is 21.6 Å². The number of imidazole rings is 1. The standard InChI is InChI=1S/C22H24F3N7O3S/c1-12-18(36(34,35)32-9-13(7-26)20(27)22(24,25)10-32)6-17(31(12)3)21(33)28-8-14-15(23)4-5-16-19(14)30(2)11-29-16/h4-7,11,26H,8-10,27H2,1-3H3,(H,28,33). The number of aryl methyl sites for hydroxylation is 1. The maximum atomic E-state index is 14.5. The van der Waals surface area contributed by atoms with Crippen molar-refractivity contribution in [3.8, 4) is 0 Å². The van der Waals surface area contributed by atoms with Crippen LogP contribution in [0.2, 0.25) is 0 Å². The van der Waals surface area contributed by atoms with Gasteiger partial charge in [0.25, 0.3) is 5.91 Å². The van der Waals surface area contributed by atoms with Crippen LogP contribution < -0.4 is 11.1 Å². The number of carbonyl (C=O) groups excluding carboxylic acids is 1. The van der Waals surface area contributed by atoms with E-state index < -0.39 is 46.5 Å². The molecule has 0 saturated heterocycles. The molecule has 1 aliphatic rings. The Bertz CT molecular complexity index is 1540. The molecular formula is C22H24F3N7O3S. The second kappa shape index (κ2) is 8.78. The van der Waals surface area contributed by atoms with Gasteiger partial charge in [-0.15, -0.1) is 0 Å². The lowest BCUT2D eigenvalue weighted by atomic mass is 10.1. The predicted molar refractivity (Wildman–Crippen MR) is 126 cm³/mol. The van der Waals surface area contributed by atoms with Crippen LogP contribution in [0.4, 0.5) is 13.2 Å². The molecule has 0 unspecified atom stereocenters. The number of carbonyl (C=O) groups is 1. The molecule has 1 aromatic carbocycles. The first-order valence-corrected chi connectivity index (χ1v) is 12.1. The lowest BCUT2D eigenvalue weighted by molar-refractivity contribution is 0.0142. The highest BCUT2D eigenvalue weighted by Crippen LogP contribution is 2.33. The van der Waals surface area contributed by atoms with E-state index in [9.17, 15) is 26.4 Å². The number of alkyl halides is 2. The molecule has 14 heteroatoms. The molecule has 36 heavy (non-hydrogen) atoms. The van der Waals surface area contributed by atoms with Gasteiger partial charge >= 0.3 is 5.92 Å². The van der Waals surface area contributed by atoms with E-state index >= 15 is 0 Å². The third kappa shape index (κ3) is 4.05. The third-order valence-electron chi connectivity index (χ3n) is 6.33. The highest BCUT2D eigenvalue weighted by molar-refractivity contribution is 7.89. The van der Waals surface area contributed by atoms with Crippen LogP contribution in [0.3, 0.4) is 0 Å². The number of nitrogens with two attached hydrogens (primary N) is 1. The fourth-order valence-electron chi connectivity index (χ4n) is 4.19. The molecule has 0 fully saturated rings. The molecule has 10 nitrogen and oxygen atoms in total. The first-order valence-electron chi connectivity index (χ1n) is 10.7. The Kier molecular flexibility index (Phi) is 6.21. The molecule has 0 saturated carbocycles. The third-order valence-corrected chi connectivity index (χ3v) is 8.24. The second-order valence-corrected chi connectivity index (χ2v) is 10.4. The van der Waals surface area contributed by atoms with Gasteiger partial charge in [0.1, 0.15) is 16.4 Å². The molecule has 3 aromatic rings. The molecule has 4 rings (SSSR count). The van der Waals surface area contributed by atoms with Crippen molar-refractivity contribution in [1.29, 1.82) is 5.41 Å². The smallest absolute Gasteiger partial charge is 0.300 e. The largest absolute Gasteiger partial charge is 0.397 e. The summed E-state index contributed by atoms with van der Waals surface area (Å²) in [7, 11) is -1.33. The van der Waals surface area contributed by atoms with Crippen molar-refractivity contribution in [1.82, 2.24) is 23.7 Å². The number of sulfonamides is 1. The van der Waals surface area contributed by atoms with E-state index in [4.69, 9.17) is 11.1 Å². The molecule has 0 atom stereocenters. The monoisotopic (exact) mass is 523 g/mol. The van der Waals surface area contributed by atoms with Gasteiger partial charge in [0.05, 0.1) is 29.6 Å². The number of halogens is 3. The maximum absolute atomic E-state index is 14.5. The Morgan fingerprint density at radius 2 is 2.03 bits per heavy atom. The first-order chi connectivity index (χ1) is 16.8. The molecular weight excluding hydrogens is 499 g/mol. The fourth-order valence-corrected chi connectivity index (χ4v) is 5.88. The molecule has 1 aliphatic heterocycles. The Labute approximate surface area is 204 Å². The minimum absolute atomic E-state index is 0.0604. The van der Waals surface area contributed by atoms with Crippen molar-refractivity contribution in [2.45, 2.75) is 24.3 Å². The highest BCUT2D eigenvalue weighted by Gasteiger charge is 2.45. The zero-order valence-corrected chi connectivity index (χ0v) is 20.5. The average Bonchev–Trinajstić information content (AvgIpc) is 3.34. The minimum Gasteiger partial charge on any atom is -0.397 e. The van der Waals surface area contributed by atoms with Gasteiger partial charge in [-0.05, 0) is 25.1 Å². The van der Waals surface area contributed by atoms with Gasteiger partial charge in [0.2, 0.25) is 10.0 Å². The summed E-state index contributed by atoms with van der Waals surface area (Å²) in [6.45, 7) is -0.456. The molecule has 0 aliphatic carbocycles. The van der Waals surface area contributed by atoms with Crippen LogP contribution in [0.1, 0.15) is 21.7 Å². The predicted octanol–water partition coefficient (Wildman–Crippen LogP) is 1.79. The number of rotatable bonds is 6. The van der Waals surface area contributed by atoms with Crippen LogP contribution in [-0.4, -0.2) is 58.0 Å². The van der Waals surface area contributed by atoms with E-state index in [1.165, 1.54) is 37.0 Å². The SMILES string of the molecule is Cc1c(S(=O)(=O)N2CC(C=N)=C(N)C(F)(F)C2)cc(C(=O)NCc2c(F)ccc3ncn(C)c23)n1C. The summed E-state index contributed by atoms with van der Waals surface area (Å²) in [5, 5.41) is 9.91. The Balaban J connectivity index is 1.63. The number of nitrogens with zero attached hydrogens (tertiary/aromatic N) is 4. The van der Waals surface area contributed by atoms with Crippen LogP contribution in [0, 0.1) is 18.2 Å². The summed E-state index contributed by atoms with van der Waals surface area (Å²) < 4.78 is 73.3. The number of nitrogens with one attached hydrogen (secondary N) is 2. The van der Waals surface area contributed by atoms with E-state index in [1.807, 2.05) is 0 Å². The normalized spacial score (nSPS) is 16.5. The topological polar surface area (TPSA) is 139 Å². The Hall–Kier alpha value is -3.65. The number of hydrogen-bond acceptors (Lipinski definition) is 6. The highest BCUT2D eigenvalue weighted by atomic mass is 32.2. The van der Waals surface area contributed by atoms with Gasteiger partial charge < -0.3 is 25.6 Å². The maximum Gasteiger partial charge on any atom is 0.300 e. The summed E-state index contributed by atoms with van der Waals surface area (Å²) in [5.41, 5.74) is 5.59. The molecule has 4 N–H and O–H groups in total. The average molecular weight is 524 g/mol. The van der Waals surface area contributed by atoms with E-state index in [-0.39, 0.29) is 34.0 Å². The number of aromatic nitrogens is 3. The van der Waals surface area contributed by atoms with Gasteiger partial charge in [0.15, 0.2) is 0 Å². The van der Waals surface area contributed by atoms with Gasteiger partial charge in [-0.1, -0.05) is 0 Å². The first kappa shape index (κ1) is 25.4. The van der Waals surface area contributed by atoms with Gasteiger partial charge in [-0.25, -0.2) is 17.8 Å². The second-order valence-electron chi connectivity index (χ2n) is 8.53. The van der Waals surface area contributed by atoms with E-state index in [1.54, 1.807) is 11.6 Å². The molecule has 3 heterocycles. The van der Waals surface area contributed by atoms with Crippen LogP contribution in [0.15, 0.2) is 40.7 Å². The molecule has 0 bridgehead atoms. The number of hydrogen-bond donors (Lipinski definition) is 3. The van der Waals surface area contributed by atoms with Gasteiger partial charge in [-0.3, -0.25) is 4.79 Å². The summed E-state index contributed by atoms with van der Waals surface area (Å²) in [6.07, 6.45) is 2.12. The van der Waals surface area contributed by atoms with Crippen molar-refractivity contribution in [3.63, 3.8) is 0 Å². The van der Waals surface area contributed by atoms with Crippen molar-refractivity contribution in [2.24, 2.45) is 19.8 Å². The van der Waals surface area contributed by atoms with Crippen LogP contribution in [0.5, 0.6) is 0 Å². The van der Waals surface area contributed by atoms with Crippen LogP contribution >= 0.6 is 0 Å². The van der Waals surface area contributed by atoms with Crippen molar-refractivity contribution in [2.75, 3.05) is 13.1 Å². The van der Waals surface area contributed by atoms with Gasteiger partial charge in [-0.2, -0.15) is 13.1 Å². The lowest BCUT2D eigenvalue weighted by Gasteiger charge is -2.32. The van der Waals surface area contributed by atoms with E-state index in [2.05, 4.69) is 10.3 Å². The van der Waals surface area contributed by atoms with Crippen molar-refractivity contribution >= 4 is 33.2 Å². The van der Waals surface area contributed by atoms with Crippen LogP contribution in [-0.2, 0) is 30.7 Å². The lowest BCUT2D eigenvalue weighted by Crippen LogP contribution is -2.49. The molecule has 0 spiro atoms. The van der Waals surface area contributed by atoms with Gasteiger partial charge in [0, 0.05) is 50.2 Å². The number of fused-ring (bicyclic) bond motifs is 1. The van der Waals surface area contributed by atoms with Crippen molar-refractivity contribution in [3.05, 3.63) is 58.6 Å². The molecule has 0 radical (unpaired) electrons. The summed E-state index contributed by atoms with van der Waals surface area (Å²) >= 11 is 0. The number of amides is 1. The fraction of sp³-hybridized carbons (Fsp3) is 0.318. The number of benzene rings is 1. The summed E-state index contributed by atoms with van der Waals surface area (Å²) in [5.74, 6) is -4.88.